The Balaban J connectivity index is 1.63. The molecule has 0 aliphatic heterocycles. The summed E-state index contributed by atoms with van der Waals surface area (Å²) in [6.07, 6.45) is 2.94. The van der Waals surface area contributed by atoms with E-state index in [0.29, 0.717) is 11.1 Å². The minimum atomic E-state index is -1.24. The first-order valence-electron chi connectivity index (χ1n) is 8.17. The molecule has 5 nitrogen and oxygen atoms in total. The van der Waals surface area contributed by atoms with Gasteiger partial charge >= 0.3 is 5.97 Å². The molecule has 7 heteroatoms. The number of pyridine rings is 1. The first-order chi connectivity index (χ1) is 13.5. The van der Waals surface area contributed by atoms with Crippen LogP contribution in [0, 0.1) is 11.6 Å². The fraction of sp³-hybridized carbons (Fsp3) is 0. The van der Waals surface area contributed by atoms with Crippen molar-refractivity contribution in [3.05, 3.63) is 94.4 Å². The summed E-state index contributed by atoms with van der Waals surface area (Å²) in [6.45, 7) is 0. The van der Waals surface area contributed by atoms with Crippen LogP contribution in [0.15, 0.2) is 76.2 Å². The highest BCUT2D eigenvalue weighted by atomic mass is 19.2. The maximum absolute atomic E-state index is 13.8. The van der Waals surface area contributed by atoms with Gasteiger partial charge in [0.2, 0.25) is 0 Å². The molecule has 2 aromatic heterocycles. The third kappa shape index (κ3) is 3.25. The fourth-order valence-corrected chi connectivity index (χ4v) is 2.67. The van der Waals surface area contributed by atoms with Crippen LogP contribution in [-0.2, 0) is 0 Å². The lowest BCUT2D eigenvalue weighted by molar-refractivity contribution is 0.0734. The Bertz CT molecular complexity index is 1240. The predicted octanol–water partition coefficient (Wildman–Crippen LogP) is 4.35. The van der Waals surface area contributed by atoms with E-state index in [-0.39, 0.29) is 17.1 Å². The van der Waals surface area contributed by atoms with Crippen molar-refractivity contribution in [3.63, 3.8) is 0 Å². The summed E-state index contributed by atoms with van der Waals surface area (Å²) in [6, 6.07) is 12.6. The van der Waals surface area contributed by atoms with Gasteiger partial charge in [-0.1, -0.05) is 0 Å². The number of esters is 1. The molecule has 0 saturated carbocycles. The molecular formula is C21H11F2NO4. The van der Waals surface area contributed by atoms with Crippen molar-refractivity contribution < 1.29 is 22.7 Å². The molecule has 2 heterocycles. The number of aromatic nitrogens is 1. The zero-order chi connectivity index (χ0) is 19.7. The number of halogens is 2. The minimum Gasteiger partial charge on any atom is -0.456 e. The zero-order valence-corrected chi connectivity index (χ0v) is 14.2. The van der Waals surface area contributed by atoms with Crippen LogP contribution in [0.3, 0.4) is 0 Å². The van der Waals surface area contributed by atoms with Gasteiger partial charge in [-0.25, -0.2) is 13.6 Å². The Morgan fingerprint density at radius 1 is 1.04 bits per heavy atom. The number of carbonyl (C=O) groups excluding carboxylic acids is 1. The van der Waals surface area contributed by atoms with Crippen molar-refractivity contribution >= 4 is 16.9 Å². The highest BCUT2D eigenvalue weighted by Gasteiger charge is 2.15. The van der Waals surface area contributed by atoms with Gasteiger partial charge in [-0.05, 0) is 48.5 Å². The van der Waals surface area contributed by atoms with Crippen LogP contribution in [0.1, 0.15) is 10.4 Å². The Morgan fingerprint density at radius 3 is 2.54 bits per heavy atom. The average molecular weight is 379 g/mol. The van der Waals surface area contributed by atoms with Gasteiger partial charge in [0.05, 0.1) is 5.56 Å². The first-order valence-corrected chi connectivity index (χ1v) is 8.17. The average Bonchev–Trinajstić information content (AvgIpc) is 2.71. The molecule has 0 fully saturated rings. The summed E-state index contributed by atoms with van der Waals surface area (Å²) in [5.41, 5.74) is 0.0556. The second kappa shape index (κ2) is 7.03. The molecule has 0 spiro atoms. The van der Waals surface area contributed by atoms with E-state index in [4.69, 9.17) is 9.15 Å². The standard InChI is InChI=1S/C21H11F2NO4/c22-15-7-8-17-19(20(15)23)16(25)10-18(28-17)12-3-5-14(6-4-12)27-21(26)13-2-1-9-24-11-13/h1-11H. The smallest absolute Gasteiger partial charge is 0.345 e. The van der Waals surface area contributed by atoms with E-state index in [0.717, 1.165) is 12.1 Å². The molecule has 2 aromatic carbocycles. The highest BCUT2D eigenvalue weighted by molar-refractivity contribution is 5.90. The Hall–Kier alpha value is -3.87. The van der Waals surface area contributed by atoms with E-state index in [2.05, 4.69) is 4.98 Å². The van der Waals surface area contributed by atoms with E-state index in [1.54, 1.807) is 30.5 Å². The van der Waals surface area contributed by atoms with Crippen LogP contribution in [0.5, 0.6) is 5.75 Å². The second-order valence-corrected chi connectivity index (χ2v) is 5.87. The topological polar surface area (TPSA) is 69.4 Å². The van der Waals surface area contributed by atoms with Crippen molar-refractivity contribution in [2.75, 3.05) is 0 Å². The second-order valence-electron chi connectivity index (χ2n) is 5.87. The number of hydrogen-bond acceptors (Lipinski definition) is 5. The Labute approximate surface area is 156 Å². The molecule has 0 saturated heterocycles. The summed E-state index contributed by atoms with van der Waals surface area (Å²) in [5.74, 6) is -2.46. The molecule has 0 atom stereocenters. The summed E-state index contributed by atoms with van der Waals surface area (Å²) >= 11 is 0. The van der Waals surface area contributed by atoms with Crippen molar-refractivity contribution in [3.8, 4) is 17.1 Å². The lowest BCUT2D eigenvalue weighted by Gasteiger charge is -2.07. The fourth-order valence-electron chi connectivity index (χ4n) is 2.67. The van der Waals surface area contributed by atoms with E-state index in [1.165, 1.54) is 24.4 Å². The summed E-state index contributed by atoms with van der Waals surface area (Å²) < 4.78 is 37.9. The molecule has 0 amide bonds. The number of nitrogens with zero attached hydrogens (tertiary/aromatic N) is 1. The van der Waals surface area contributed by atoms with Crippen LogP contribution in [0.4, 0.5) is 8.78 Å². The van der Waals surface area contributed by atoms with Crippen molar-refractivity contribution in [1.29, 1.82) is 0 Å². The summed E-state index contributed by atoms with van der Waals surface area (Å²) in [5, 5.41) is -0.439. The molecular weight excluding hydrogens is 368 g/mol. The van der Waals surface area contributed by atoms with Gasteiger partial charge in [0, 0.05) is 24.0 Å². The normalized spacial score (nSPS) is 10.8. The monoisotopic (exact) mass is 379 g/mol. The molecule has 0 aliphatic carbocycles. The largest absolute Gasteiger partial charge is 0.456 e. The maximum atomic E-state index is 13.8. The van der Waals surface area contributed by atoms with E-state index >= 15 is 0 Å². The minimum absolute atomic E-state index is 0.0616. The Kier molecular flexibility index (Phi) is 4.41. The third-order valence-electron chi connectivity index (χ3n) is 4.03. The van der Waals surface area contributed by atoms with Crippen molar-refractivity contribution in [2.45, 2.75) is 0 Å². The zero-order valence-electron chi connectivity index (χ0n) is 14.2. The quantitative estimate of drug-likeness (QED) is 0.391. The lowest BCUT2D eigenvalue weighted by atomic mass is 10.1. The number of carbonyl (C=O) groups is 1. The summed E-state index contributed by atoms with van der Waals surface area (Å²) in [4.78, 5) is 28.1. The van der Waals surface area contributed by atoms with Crippen LogP contribution in [-0.4, -0.2) is 11.0 Å². The molecule has 0 N–H and O–H groups in total. The van der Waals surface area contributed by atoms with Crippen LogP contribution in [0.2, 0.25) is 0 Å². The molecule has 4 aromatic rings. The Morgan fingerprint density at radius 2 is 1.82 bits per heavy atom. The maximum Gasteiger partial charge on any atom is 0.345 e. The van der Waals surface area contributed by atoms with Crippen molar-refractivity contribution in [2.24, 2.45) is 0 Å². The lowest BCUT2D eigenvalue weighted by Crippen LogP contribution is -2.08. The third-order valence-corrected chi connectivity index (χ3v) is 4.03. The molecule has 0 unspecified atom stereocenters. The van der Waals surface area contributed by atoms with E-state index < -0.39 is 28.4 Å². The van der Waals surface area contributed by atoms with E-state index in [9.17, 15) is 18.4 Å². The number of rotatable bonds is 3. The van der Waals surface area contributed by atoms with Gasteiger partial charge in [0.1, 0.15) is 22.5 Å². The highest BCUT2D eigenvalue weighted by Crippen LogP contribution is 2.26. The van der Waals surface area contributed by atoms with E-state index in [1.807, 2.05) is 0 Å². The molecule has 0 aliphatic rings. The van der Waals surface area contributed by atoms with Crippen molar-refractivity contribution in [1.82, 2.24) is 4.98 Å². The molecule has 4 rings (SSSR count). The molecule has 0 bridgehead atoms. The van der Waals surface area contributed by atoms with Gasteiger partial charge < -0.3 is 9.15 Å². The van der Waals surface area contributed by atoms with Crippen LogP contribution < -0.4 is 10.2 Å². The molecule has 0 radical (unpaired) electrons. The van der Waals surface area contributed by atoms with Crippen LogP contribution in [0.25, 0.3) is 22.3 Å². The van der Waals surface area contributed by atoms with Gasteiger partial charge in [-0.2, -0.15) is 0 Å². The van der Waals surface area contributed by atoms with Gasteiger partial charge in [0.25, 0.3) is 0 Å². The number of hydrogen-bond donors (Lipinski definition) is 0. The summed E-state index contributed by atoms with van der Waals surface area (Å²) in [7, 11) is 0. The number of ether oxygens (including phenoxy) is 1. The van der Waals surface area contributed by atoms with Crippen LogP contribution >= 0.6 is 0 Å². The van der Waals surface area contributed by atoms with Gasteiger partial charge in [-0.3, -0.25) is 9.78 Å². The number of fused-ring (bicyclic) bond motifs is 1. The molecule has 28 heavy (non-hydrogen) atoms. The molecule has 138 valence electrons. The van der Waals surface area contributed by atoms with Gasteiger partial charge in [0.15, 0.2) is 17.1 Å². The predicted molar refractivity (Wildman–Crippen MR) is 97.0 cm³/mol. The van der Waals surface area contributed by atoms with Gasteiger partial charge in [-0.15, -0.1) is 0 Å². The SMILES string of the molecule is O=C(Oc1ccc(-c2cc(=O)c3c(F)c(F)ccc3o2)cc1)c1cccnc1. The number of benzene rings is 2. The first kappa shape index (κ1) is 17.5.